The number of carbonyl (C=O) groups is 1. The molecule has 0 aromatic rings. The predicted octanol–water partition coefficient (Wildman–Crippen LogP) is 0.512. The number of ketones is 1. The lowest BCUT2D eigenvalue weighted by Gasteiger charge is -2.17. The highest BCUT2D eigenvalue weighted by atomic mass is 16.3. The van der Waals surface area contributed by atoms with Crippen molar-refractivity contribution in [2.75, 3.05) is 0 Å². The van der Waals surface area contributed by atoms with Crippen molar-refractivity contribution in [2.45, 2.75) is 19.4 Å². The molecule has 0 bridgehead atoms. The molecule has 0 saturated carbocycles. The third kappa shape index (κ3) is 1.39. The molecule has 0 fully saturated rings. The first kappa shape index (κ1) is 6.49. The number of hydrogen-bond donors (Lipinski definition) is 1. The Bertz CT molecular complexity index is 149. The van der Waals surface area contributed by atoms with E-state index in [1.165, 1.54) is 6.08 Å². The molecule has 1 N–H and O–H groups in total. The minimum Gasteiger partial charge on any atom is -0.389 e. The zero-order valence-corrected chi connectivity index (χ0v) is 5.37. The Morgan fingerprint density at radius 1 is 1.78 bits per heavy atom. The number of hydrogen-bond acceptors (Lipinski definition) is 2. The van der Waals surface area contributed by atoms with Gasteiger partial charge in [0.1, 0.15) is 0 Å². The lowest BCUT2D eigenvalue weighted by molar-refractivity contribution is -0.116. The molecule has 0 heterocycles. The Labute approximate surface area is 54.2 Å². The van der Waals surface area contributed by atoms with Crippen molar-refractivity contribution in [2.24, 2.45) is 5.92 Å². The Morgan fingerprint density at radius 2 is 2.44 bits per heavy atom. The second kappa shape index (κ2) is 2.31. The first-order valence-electron chi connectivity index (χ1n) is 3.09. The molecule has 0 amide bonds. The van der Waals surface area contributed by atoms with Crippen molar-refractivity contribution in [1.82, 2.24) is 0 Å². The maximum Gasteiger partial charge on any atom is 0.155 e. The van der Waals surface area contributed by atoms with Gasteiger partial charge in [-0.05, 0) is 12.0 Å². The van der Waals surface area contributed by atoms with Gasteiger partial charge in [0.25, 0.3) is 0 Å². The van der Waals surface area contributed by atoms with Gasteiger partial charge in [0, 0.05) is 6.42 Å². The van der Waals surface area contributed by atoms with E-state index in [-0.39, 0.29) is 11.7 Å². The minimum atomic E-state index is -0.414. The quantitative estimate of drug-likeness (QED) is 0.513. The van der Waals surface area contributed by atoms with E-state index < -0.39 is 6.10 Å². The first-order chi connectivity index (χ1) is 4.20. The van der Waals surface area contributed by atoms with E-state index in [1.54, 1.807) is 6.08 Å². The van der Waals surface area contributed by atoms with Crippen LogP contribution in [0, 0.1) is 5.92 Å². The van der Waals surface area contributed by atoms with Crippen LogP contribution in [0.2, 0.25) is 0 Å². The number of carbonyl (C=O) groups excluding carboxylic acids is 1. The van der Waals surface area contributed by atoms with Gasteiger partial charge in [-0.1, -0.05) is 13.0 Å². The Hall–Kier alpha value is -0.630. The summed E-state index contributed by atoms with van der Waals surface area (Å²) in [5.74, 6) is 0.218. The van der Waals surface area contributed by atoms with Gasteiger partial charge in [-0.2, -0.15) is 0 Å². The van der Waals surface area contributed by atoms with Crippen molar-refractivity contribution >= 4 is 5.78 Å². The van der Waals surface area contributed by atoms with Crippen LogP contribution in [0.15, 0.2) is 12.2 Å². The standard InChI is InChI=1S/C7H10O2/c1-5-4-6(8)2-3-7(5)9/h2-3,5,7,9H,4H2,1H3/t5-,7+/m1/s1. The lowest BCUT2D eigenvalue weighted by Crippen LogP contribution is -2.21. The summed E-state index contributed by atoms with van der Waals surface area (Å²) >= 11 is 0. The molecule has 0 saturated heterocycles. The van der Waals surface area contributed by atoms with Crippen LogP contribution in [0.5, 0.6) is 0 Å². The summed E-state index contributed by atoms with van der Waals surface area (Å²) in [6.07, 6.45) is 3.07. The highest BCUT2D eigenvalue weighted by molar-refractivity contribution is 5.90. The van der Waals surface area contributed by atoms with Crippen molar-refractivity contribution in [3.05, 3.63) is 12.2 Å². The van der Waals surface area contributed by atoms with Gasteiger partial charge in [0.05, 0.1) is 6.10 Å². The smallest absolute Gasteiger partial charge is 0.155 e. The Balaban J connectivity index is 2.65. The summed E-state index contributed by atoms with van der Waals surface area (Å²) in [7, 11) is 0. The minimum absolute atomic E-state index is 0.0995. The molecule has 2 nitrogen and oxygen atoms in total. The second-order valence-corrected chi connectivity index (χ2v) is 2.50. The molecule has 0 unspecified atom stereocenters. The van der Waals surface area contributed by atoms with Crippen LogP contribution in [0.25, 0.3) is 0 Å². The molecule has 0 aromatic heterocycles. The summed E-state index contributed by atoms with van der Waals surface area (Å²) in [4.78, 5) is 10.6. The molecule has 2 atom stereocenters. The van der Waals surface area contributed by atoms with Gasteiger partial charge in [0.2, 0.25) is 0 Å². The van der Waals surface area contributed by atoms with Gasteiger partial charge < -0.3 is 5.11 Å². The number of rotatable bonds is 0. The molecule has 1 aliphatic rings. The van der Waals surface area contributed by atoms with E-state index in [0.717, 1.165) is 0 Å². The summed E-state index contributed by atoms with van der Waals surface area (Å²) in [6, 6.07) is 0. The molecule has 0 spiro atoms. The molecule has 1 aliphatic carbocycles. The SMILES string of the molecule is C[C@@H]1CC(=O)C=C[C@@H]1O. The molecule has 0 aromatic carbocycles. The molecule has 0 radical (unpaired) electrons. The number of allylic oxidation sites excluding steroid dienone is 1. The van der Waals surface area contributed by atoms with Crippen molar-refractivity contribution in [3.8, 4) is 0 Å². The van der Waals surface area contributed by atoms with Gasteiger partial charge >= 0.3 is 0 Å². The van der Waals surface area contributed by atoms with E-state index in [2.05, 4.69) is 0 Å². The Kier molecular flexibility index (Phi) is 1.67. The average molecular weight is 126 g/mol. The topological polar surface area (TPSA) is 37.3 Å². The maximum absolute atomic E-state index is 10.6. The molecule has 2 heteroatoms. The molecule has 9 heavy (non-hydrogen) atoms. The number of aliphatic hydroxyl groups is 1. The van der Waals surface area contributed by atoms with Crippen molar-refractivity contribution in [3.63, 3.8) is 0 Å². The normalized spacial score (nSPS) is 35.1. The fraction of sp³-hybridized carbons (Fsp3) is 0.571. The highest BCUT2D eigenvalue weighted by Gasteiger charge is 2.18. The second-order valence-electron chi connectivity index (χ2n) is 2.50. The highest BCUT2D eigenvalue weighted by Crippen LogP contribution is 2.14. The van der Waals surface area contributed by atoms with Gasteiger partial charge in [-0.3, -0.25) is 4.79 Å². The van der Waals surface area contributed by atoms with Crippen molar-refractivity contribution < 1.29 is 9.90 Å². The summed E-state index contributed by atoms with van der Waals surface area (Å²) in [5.41, 5.74) is 0. The molecular weight excluding hydrogens is 116 g/mol. The lowest BCUT2D eigenvalue weighted by atomic mass is 9.93. The van der Waals surface area contributed by atoms with Crippen LogP contribution in [0.4, 0.5) is 0 Å². The van der Waals surface area contributed by atoms with Crippen LogP contribution in [-0.2, 0) is 4.79 Å². The van der Waals surface area contributed by atoms with Crippen LogP contribution in [0.1, 0.15) is 13.3 Å². The van der Waals surface area contributed by atoms with Crippen LogP contribution in [-0.4, -0.2) is 17.0 Å². The summed E-state index contributed by atoms with van der Waals surface area (Å²) in [5, 5.41) is 9.06. The monoisotopic (exact) mass is 126 g/mol. The predicted molar refractivity (Wildman–Crippen MR) is 33.9 cm³/mol. The van der Waals surface area contributed by atoms with Crippen molar-refractivity contribution in [1.29, 1.82) is 0 Å². The van der Waals surface area contributed by atoms with E-state index in [4.69, 9.17) is 5.11 Å². The number of aliphatic hydroxyl groups excluding tert-OH is 1. The van der Waals surface area contributed by atoms with Gasteiger partial charge in [-0.25, -0.2) is 0 Å². The van der Waals surface area contributed by atoms with Crippen LogP contribution < -0.4 is 0 Å². The molecule has 0 aliphatic heterocycles. The molecule has 50 valence electrons. The summed E-state index contributed by atoms with van der Waals surface area (Å²) < 4.78 is 0. The third-order valence-corrected chi connectivity index (χ3v) is 1.59. The van der Waals surface area contributed by atoms with Gasteiger partial charge in [0.15, 0.2) is 5.78 Å². The average Bonchev–Trinajstić information content (AvgIpc) is 1.80. The van der Waals surface area contributed by atoms with E-state index in [1.807, 2.05) is 6.92 Å². The maximum atomic E-state index is 10.6. The van der Waals surface area contributed by atoms with Gasteiger partial charge in [-0.15, -0.1) is 0 Å². The summed E-state index contributed by atoms with van der Waals surface area (Å²) in [6.45, 7) is 1.87. The first-order valence-corrected chi connectivity index (χ1v) is 3.09. The fourth-order valence-electron chi connectivity index (χ4n) is 0.902. The Morgan fingerprint density at radius 3 is 2.89 bits per heavy atom. The van der Waals surface area contributed by atoms with E-state index >= 15 is 0 Å². The molecular formula is C7H10O2. The third-order valence-electron chi connectivity index (χ3n) is 1.59. The fourth-order valence-corrected chi connectivity index (χ4v) is 0.902. The zero-order chi connectivity index (χ0) is 6.85. The zero-order valence-electron chi connectivity index (χ0n) is 5.37. The van der Waals surface area contributed by atoms with E-state index in [0.29, 0.717) is 6.42 Å². The van der Waals surface area contributed by atoms with E-state index in [9.17, 15) is 4.79 Å². The largest absolute Gasteiger partial charge is 0.389 e. The van der Waals surface area contributed by atoms with Crippen LogP contribution >= 0.6 is 0 Å². The molecule has 1 rings (SSSR count). The van der Waals surface area contributed by atoms with Crippen LogP contribution in [0.3, 0.4) is 0 Å².